The molecule has 0 saturated carbocycles. The Bertz CT molecular complexity index is 1190. The normalized spacial score (nSPS) is 9.60. The molecule has 4 aromatic carbocycles. The van der Waals surface area contributed by atoms with Crippen molar-refractivity contribution in [3.05, 3.63) is 183 Å². The maximum Gasteiger partial charge on any atom is 2.00 e. The van der Waals surface area contributed by atoms with Crippen LogP contribution in [0.25, 0.3) is 0 Å². The molecule has 3 heterocycles. The quantitative estimate of drug-likeness (QED) is 0.246. The largest absolute Gasteiger partial charge is 2.00 e. The zero-order chi connectivity index (χ0) is 26.1. The third-order valence-electron chi connectivity index (χ3n) is 5.71. The molecule has 0 fully saturated rings. The van der Waals surface area contributed by atoms with Crippen LogP contribution in [0.1, 0.15) is 0 Å². The molecule has 0 aliphatic heterocycles. The average Bonchev–Trinajstić information content (AvgIpc) is 3.83. The topological polar surface area (TPSA) is 53.5 Å². The molecule has 0 radical (unpaired) electrons. The minimum Gasteiger partial charge on any atom is -0.398 e. The number of hydrogen-bond acceptors (Lipinski definition) is 3. The van der Waals surface area contributed by atoms with Gasteiger partial charge in [0, 0.05) is 18.6 Å². The molecular formula is C31H30BFeLiN6. The van der Waals surface area contributed by atoms with Gasteiger partial charge in [-0.05, 0) is 36.8 Å². The van der Waals surface area contributed by atoms with E-state index >= 15 is 0 Å². The van der Waals surface area contributed by atoms with Crippen molar-refractivity contribution in [1.29, 1.82) is 0 Å². The molecule has 0 aliphatic rings. The number of benzene rings is 2. The summed E-state index contributed by atoms with van der Waals surface area (Å²) >= 11 is 0. The Morgan fingerprint density at radius 1 is 0.475 bits per heavy atom. The van der Waals surface area contributed by atoms with E-state index in [4.69, 9.17) is 0 Å². The first kappa shape index (κ1) is 32.2. The zero-order valence-electron chi connectivity index (χ0n) is 22.4. The maximum absolute atomic E-state index is 4.48. The molecule has 0 unspecified atom stereocenters. The van der Waals surface area contributed by atoms with E-state index in [0.717, 1.165) is 5.46 Å². The minimum atomic E-state index is -1.64. The summed E-state index contributed by atoms with van der Waals surface area (Å²) in [6.45, 7) is -1.64. The van der Waals surface area contributed by atoms with E-state index in [-0.39, 0.29) is 35.9 Å². The van der Waals surface area contributed by atoms with E-state index in [1.165, 1.54) is 0 Å². The third kappa shape index (κ3) is 8.74. The Morgan fingerprint density at radius 2 is 0.850 bits per heavy atom. The summed E-state index contributed by atoms with van der Waals surface area (Å²) in [4.78, 5) is 0. The van der Waals surface area contributed by atoms with Crippen LogP contribution >= 0.6 is 0 Å². The van der Waals surface area contributed by atoms with E-state index in [1.54, 1.807) is 18.6 Å². The summed E-state index contributed by atoms with van der Waals surface area (Å²) in [5.74, 6) is 0. The molecule has 7 aromatic rings. The van der Waals surface area contributed by atoms with Crippen LogP contribution in [0.2, 0.25) is 0 Å². The van der Waals surface area contributed by atoms with E-state index < -0.39 is 6.55 Å². The molecule has 7 rings (SSSR count). The molecule has 0 bridgehead atoms. The van der Waals surface area contributed by atoms with Crippen molar-refractivity contribution in [3.8, 4) is 0 Å². The average molecular weight is 560 g/mol. The fourth-order valence-corrected chi connectivity index (χ4v) is 4.04. The van der Waals surface area contributed by atoms with Gasteiger partial charge in [-0.15, -0.1) is 0 Å². The summed E-state index contributed by atoms with van der Waals surface area (Å²) in [5.41, 5.74) is 1.09. The van der Waals surface area contributed by atoms with Crippen molar-refractivity contribution in [3.63, 3.8) is 0 Å². The molecule has 0 saturated heterocycles. The Labute approximate surface area is 258 Å². The Kier molecular flexibility index (Phi) is 14.7. The van der Waals surface area contributed by atoms with Crippen LogP contribution in [-0.2, 0) is 17.1 Å². The van der Waals surface area contributed by atoms with Crippen molar-refractivity contribution in [2.24, 2.45) is 0 Å². The summed E-state index contributed by atoms with van der Waals surface area (Å²) in [6.07, 6.45) is 11.1. The van der Waals surface area contributed by atoms with Gasteiger partial charge in [0.1, 0.15) is 0 Å². The van der Waals surface area contributed by atoms with Gasteiger partial charge in [-0.2, -0.15) is 24.3 Å². The monoisotopic (exact) mass is 560 g/mol. The van der Waals surface area contributed by atoms with Gasteiger partial charge < -0.3 is 13.8 Å². The van der Waals surface area contributed by atoms with Crippen molar-refractivity contribution in [1.82, 2.24) is 29.1 Å². The first-order valence-corrected chi connectivity index (χ1v) is 12.5. The summed E-state index contributed by atoms with van der Waals surface area (Å²) in [6, 6.07) is 47.9. The van der Waals surface area contributed by atoms with Crippen molar-refractivity contribution in [2.45, 2.75) is 0 Å². The standard InChI is InChI=1S/C14H13BN6.2C6H6.C5H5.Fe.Li/c1-2-7-14(6-1)15(19-11-3-8-16-19,20-12-4-9-17-20)21-13-5-10-18-21;2*1-2-4-6-5-3-1;1-2-4-5-3-1;;/h1-13H;2*1-6H;1-5H;;/q-2;;;-1;+2;+1. The fraction of sp³-hybridized carbons (Fsp3) is 0. The van der Waals surface area contributed by atoms with E-state index in [1.807, 2.05) is 166 Å². The maximum atomic E-state index is 4.48. The van der Waals surface area contributed by atoms with Gasteiger partial charge in [-0.3, -0.25) is 5.46 Å². The molecule has 9 heteroatoms. The van der Waals surface area contributed by atoms with E-state index in [0.29, 0.717) is 0 Å². The van der Waals surface area contributed by atoms with Gasteiger partial charge in [0.25, 0.3) is 0 Å². The number of rotatable bonds is 4. The molecular weight excluding hydrogens is 530 g/mol. The van der Waals surface area contributed by atoms with Gasteiger partial charge in [0.05, 0.1) is 0 Å². The van der Waals surface area contributed by atoms with Crippen molar-refractivity contribution >= 4 is 12.0 Å². The fourth-order valence-electron chi connectivity index (χ4n) is 4.04. The molecule has 0 spiro atoms. The second-order valence-electron chi connectivity index (χ2n) is 8.18. The second kappa shape index (κ2) is 18.3. The summed E-state index contributed by atoms with van der Waals surface area (Å²) < 4.78 is 5.74. The Balaban J connectivity index is 0.000000240. The second-order valence-corrected chi connectivity index (χ2v) is 8.18. The Hall–Kier alpha value is -4.05. The molecule has 6 nitrogen and oxygen atoms in total. The number of hydrogen-bond donors (Lipinski definition) is 0. The number of aromatic nitrogens is 6. The van der Waals surface area contributed by atoms with Crippen molar-refractivity contribution in [2.75, 3.05) is 0 Å². The SMILES string of the molecule is [Fe+2].[Li+].c1c[cH-]c([B-](n2cccn2)(n2cccn2)n2cccn2)c1.c1cc[cH-]c1.c1ccccc1.c1ccccc1. The summed E-state index contributed by atoms with van der Waals surface area (Å²) in [5, 5.41) is 13.4. The third-order valence-corrected chi connectivity index (χ3v) is 5.71. The van der Waals surface area contributed by atoms with Crippen LogP contribution in [0.3, 0.4) is 0 Å². The van der Waals surface area contributed by atoms with Crippen LogP contribution < -0.4 is 24.3 Å². The number of nitrogens with zero attached hydrogens (tertiary/aromatic N) is 6. The van der Waals surface area contributed by atoms with Gasteiger partial charge in [0.15, 0.2) is 0 Å². The smallest absolute Gasteiger partial charge is 0.398 e. The first-order valence-electron chi connectivity index (χ1n) is 12.5. The van der Waals surface area contributed by atoms with Crippen LogP contribution in [0.4, 0.5) is 0 Å². The zero-order valence-corrected chi connectivity index (χ0v) is 23.5. The van der Waals surface area contributed by atoms with E-state index in [9.17, 15) is 0 Å². The molecule has 196 valence electrons. The predicted molar refractivity (Wildman–Crippen MR) is 155 cm³/mol. The van der Waals surface area contributed by atoms with Crippen LogP contribution in [0.15, 0.2) is 183 Å². The minimum absolute atomic E-state index is 0. The van der Waals surface area contributed by atoms with Gasteiger partial charge in [-0.1, -0.05) is 72.8 Å². The predicted octanol–water partition coefficient (Wildman–Crippen LogP) is 2.57. The van der Waals surface area contributed by atoms with E-state index in [2.05, 4.69) is 27.4 Å². The van der Waals surface area contributed by atoms with Crippen LogP contribution in [0, 0.1) is 0 Å². The molecule has 0 N–H and O–H groups in total. The Morgan fingerprint density at radius 3 is 1.07 bits per heavy atom. The summed E-state index contributed by atoms with van der Waals surface area (Å²) in [7, 11) is 0. The van der Waals surface area contributed by atoms with Gasteiger partial charge in [-0.25, -0.2) is 45.6 Å². The first-order chi connectivity index (χ1) is 18.9. The van der Waals surface area contributed by atoms with Crippen LogP contribution in [0.5, 0.6) is 0 Å². The molecule has 40 heavy (non-hydrogen) atoms. The molecule has 0 amide bonds. The van der Waals surface area contributed by atoms with Gasteiger partial charge >= 0.3 is 42.5 Å². The molecule has 0 atom stereocenters. The van der Waals surface area contributed by atoms with Crippen molar-refractivity contribution < 1.29 is 35.9 Å². The van der Waals surface area contributed by atoms with Gasteiger partial charge in [0.2, 0.25) is 0 Å². The van der Waals surface area contributed by atoms with Crippen LogP contribution in [-0.4, -0.2) is 35.6 Å². The molecule has 3 aromatic heterocycles. The molecule has 0 aliphatic carbocycles.